The lowest BCUT2D eigenvalue weighted by Crippen LogP contribution is -2.28. The van der Waals surface area contributed by atoms with Gasteiger partial charge in [-0.2, -0.15) is 0 Å². The van der Waals surface area contributed by atoms with Crippen molar-refractivity contribution in [2.75, 3.05) is 0 Å². The van der Waals surface area contributed by atoms with Crippen LogP contribution in [0.5, 0.6) is 0 Å². The maximum atomic E-state index is 11.0. The number of carboxylic acids is 1. The Morgan fingerprint density at radius 3 is 2.53 bits per heavy atom. The number of nitrogens with zero attached hydrogens (tertiary/aromatic N) is 1. The van der Waals surface area contributed by atoms with Crippen molar-refractivity contribution in [3.05, 3.63) is 0 Å². The molecular formula is C12H19NO4. The first-order valence-corrected chi connectivity index (χ1v) is 6.04. The van der Waals surface area contributed by atoms with E-state index in [1.807, 2.05) is 0 Å². The monoisotopic (exact) mass is 241 g/mol. The van der Waals surface area contributed by atoms with Crippen LogP contribution in [0, 0.1) is 5.92 Å². The van der Waals surface area contributed by atoms with Gasteiger partial charge in [-0.15, -0.1) is 0 Å². The van der Waals surface area contributed by atoms with Gasteiger partial charge in [0, 0.05) is 6.92 Å². The number of carbonyl (C=O) groups is 2. The molecule has 1 N–H and O–H groups in total. The van der Waals surface area contributed by atoms with E-state index >= 15 is 0 Å². The predicted molar refractivity (Wildman–Crippen MR) is 62.9 cm³/mol. The van der Waals surface area contributed by atoms with Crippen molar-refractivity contribution in [3.8, 4) is 0 Å². The third kappa shape index (κ3) is 3.84. The number of carbonyl (C=O) groups excluding carboxylic acids is 1. The van der Waals surface area contributed by atoms with Crippen LogP contribution in [0.2, 0.25) is 0 Å². The summed E-state index contributed by atoms with van der Waals surface area (Å²) >= 11 is 0. The van der Waals surface area contributed by atoms with E-state index < -0.39 is 17.5 Å². The zero-order valence-electron chi connectivity index (χ0n) is 10.3. The predicted octanol–water partition coefficient (Wildman–Crippen LogP) is 2.00. The number of aliphatic carboxylic acids is 1. The average Bonchev–Trinajstić information content (AvgIpc) is 2.29. The third-order valence-corrected chi connectivity index (χ3v) is 3.18. The molecule has 1 rings (SSSR count). The quantitative estimate of drug-likeness (QED) is 0.454. The first-order valence-electron chi connectivity index (χ1n) is 6.04. The Balaban J connectivity index is 2.65. The highest BCUT2D eigenvalue weighted by molar-refractivity contribution is 6.63. The number of Topliss-reactive ketones (excluding diaryl/α,β-unsaturated/α-hetero) is 1. The largest absolute Gasteiger partial charge is 0.476 e. The van der Waals surface area contributed by atoms with Crippen molar-refractivity contribution in [2.45, 2.75) is 52.1 Å². The lowest BCUT2D eigenvalue weighted by atomic mass is 9.85. The van der Waals surface area contributed by atoms with Gasteiger partial charge in [0.2, 0.25) is 5.71 Å². The van der Waals surface area contributed by atoms with Gasteiger partial charge in [0.1, 0.15) is 6.10 Å². The van der Waals surface area contributed by atoms with E-state index in [1.54, 1.807) is 0 Å². The van der Waals surface area contributed by atoms with E-state index in [4.69, 9.17) is 9.94 Å². The average molecular weight is 241 g/mol. The van der Waals surface area contributed by atoms with Crippen LogP contribution >= 0.6 is 0 Å². The van der Waals surface area contributed by atoms with Crippen LogP contribution in [0.25, 0.3) is 0 Å². The Morgan fingerprint density at radius 1 is 1.35 bits per heavy atom. The summed E-state index contributed by atoms with van der Waals surface area (Å²) in [6.07, 6.45) is 5.15. The van der Waals surface area contributed by atoms with Crippen molar-refractivity contribution < 1.29 is 19.5 Å². The molecule has 17 heavy (non-hydrogen) atoms. The second-order valence-electron chi connectivity index (χ2n) is 4.40. The molecule has 0 aromatic carbocycles. The first kappa shape index (κ1) is 13.7. The summed E-state index contributed by atoms with van der Waals surface area (Å²) in [7, 11) is 0. The molecule has 0 heterocycles. The molecule has 0 aliphatic heterocycles. The summed E-state index contributed by atoms with van der Waals surface area (Å²) in [6, 6.07) is 0. The van der Waals surface area contributed by atoms with Crippen LogP contribution in [0.15, 0.2) is 5.16 Å². The molecule has 5 heteroatoms. The van der Waals surface area contributed by atoms with Crippen LogP contribution in [0.3, 0.4) is 0 Å². The van der Waals surface area contributed by atoms with Gasteiger partial charge in [-0.05, 0) is 31.6 Å². The molecule has 5 nitrogen and oxygen atoms in total. The molecule has 0 radical (unpaired) electrons. The highest BCUT2D eigenvalue weighted by Gasteiger charge is 2.26. The number of rotatable bonds is 5. The first-order chi connectivity index (χ1) is 8.06. The van der Waals surface area contributed by atoms with E-state index in [2.05, 4.69) is 12.1 Å². The Morgan fingerprint density at radius 2 is 2.00 bits per heavy atom. The Bertz CT molecular complexity index is 308. The highest BCUT2D eigenvalue weighted by atomic mass is 16.6. The van der Waals surface area contributed by atoms with E-state index in [0.29, 0.717) is 5.92 Å². The number of carboxylic acid groups (broad SMARTS) is 1. The van der Waals surface area contributed by atoms with Crippen LogP contribution < -0.4 is 0 Å². The van der Waals surface area contributed by atoms with Gasteiger partial charge in [0.05, 0.1) is 0 Å². The molecule has 0 amide bonds. The van der Waals surface area contributed by atoms with Gasteiger partial charge in [-0.1, -0.05) is 18.5 Å². The third-order valence-electron chi connectivity index (χ3n) is 3.18. The Kier molecular flexibility index (Phi) is 5.12. The molecule has 0 aromatic heterocycles. The SMILES string of the molecule is CCC1CCCCC1ON=C(C(C)=O)C(=O)O. The number of ketones is 1. The molecule has 1 saturated carbocycles. The van der Waals surface area contributed by atoms with Gasteiger partial charge in [0.25, 0.3) is 0 Å². The summed E-state index contributed by atoms with van der Waals surface area (Å²) in [6.45, 7) is 3.26. The Hall–Kier alpha value is -1.39. The molecule has 1 aliphatic carbocycles. The van der Waals surface area contributed by atoms with Crippen molar-refractivity contribution >= 4 is 17.5 Å². The fourth-order valence-corrected chi connectivity index (χ4v) is 2.15. The molecule has 0 saturated heterocycles. The van der Waals surface area contributed by atoms with Gasteiger partial charge >= 0.3 is 5.97 Å². The van der Waals surface area contributed by atoms with Gasteiger partial charge < -0.3 is 9.94 Å². The molecule has 1 fully saturated rings. The van der Waals surface area contributed by atoms with E-state index in [1.165, 1.54) is 13.3 Å². The minimum Gasteiger partial charge on any atom is -0.476 e. The van der Waals surface area contributed by atoms with Gasteiger partial charge in [-0.25, -0.2) is 4.79 Å². The van der Waals surface area contributed by atoms with Gasteiger partial charge in [-0.3, -0.25) is 4.79 Å². The van der Waals surface area contributed by atoms with Crippen molar-refractivity contribution in [3.63, 3.8) is 0 Å². The van der Waals surface area contributed by atoms with Crippen molar-refractivity contribution in [1.82, 2.24) is 0 Å². The fraction of sp³-hybridized carbons (Fsp3) is 0.750. The summed E-state index contributed by atoms with van der Waals surface area (Å²) in [5.74, 6) is -1.50. The molecule has 96 valence electrons. The Labute approximate surface area is 101 Å². The van der Waals surface area contributed by atoms with E-state index in [-0.39, 0.29) is 6.10 Å². The molecule has 2 atom stereocenters. The minimum atomic E-state index is -1.33. The summed E-state index contributed by atoms with van der Waals surface area (Å²) < 4.78 is 0. The molecular weight excluding hydrogens is 222 g/mol. The molecule has 1 aliphatic rings. The topological polar surface area (TPSA) is 76.0 Å². The van der Waals surface area contributed by atoms with E-state index in [0.717, 1.165) is 25.7 Å². The fourth-order valence-electron chi connectivity index (χ4n) is 2.15. The summed E-state index contributed by atoms with van der Waals surface area (Å²) in [4.78, 5) is 27.0. The maximum Gasteiger partial charge on any atom is 0.361 e. The second-order valence-corrected chi connectivity index (χ2v) is 4.40. The second kappa shape index (κ2) is 6.37. The maximum absolute atomic E-state index is 11.0. The van der Waals surface area contributed by atoms with Crippen LogP contribution in [0.4, 0.5) is 0 Å². The normalized spacial score (nSPS) is 25.4. The highest BCUT2D eigenvalue weighted by Crippen LogP contribution is 2.29. The van der Waals surface area contributed by atoms with E-state index in [9.17, 15) is 9.59 Å². The van der Waals surface area contributed by atoms with Crippen LogP contribution in [0.1, 0.15) is 46.0 Å². The lowest BCUT2D eigenvalue weighted by Gasteiger charge is -2.28. The van der Waals surface area contributed by atoms with Crippen molar-refractivity contribution in [1.29, 1.82) is 0 Å². The summed E-state index contributed by atoms with van der Waals surface area (Å²) in [5, 5.41) is 12.3. The van der Waals surface area contributed by atoms with Gasteiger partial charge in [0.15, 0.2) is 5.78 Å². The summed E-state index contributed by atoms with van der Waals surface area (Å²) in [5.41, 5.74) is -0.523. The lowest BCUT2D eigenvalue weighted by molar-refractivity contribution is -0.130. The zero-order valence-corrected chi connectivity index (χ0v) is 10.3. The minimum absolute atomic E-state index is 0.0533. The number of hydrogen-bond acceptors (Lipinski definition) is 4. The van der Waals surface area contributed by atoms with Crippen LogP contribution in [-0.2, 0) is 14.4 Å². The molecule has 0 bridgehead atoms. The zero-order chi connectivity index (χ0) is 12.8. The number of hydrogen-bond donors (Lipinski definition) is 1. The molecule has 2 unspecified atom stereocenters. The molecule has 0 aromatic rings. The van der Waals surface area contributed by atoms with Crippen LogP contribution in [-0.4, -0.2) is 28.7 Å². The number of oxime groups is 1. The molecule has 0 spiro atoms. The van der Waals surface area contributed by atoms with Crippen molar-refractivity contribution in [2.24, 2.45) is 11.1 Å². The standard InChI is InChI=1S/C12H19NO4/c1-3-9-6-4-5-7-10(9)17-13-11(8(2)14)12(15)16/h9-10H,3-7H2,1-2H3,(H,15,16). The smallest absolute Gasteiger partial charge is 0.361 e.